The van der Waals surface area contributed by atoms with Crippen LogP contribution in [-0.2, 0) is 0 Å². The Labute approximate surface area is 100 Å². The minimum Gasteiger partial charge on any atom is -0.396 e. The van der Waals surface area contributed by atoms with Gasteiger partial charge in [0.25, 0.3) is 0 Å². The van der Waals surface area contributed by atoms with Crippen molar-refractivity contribution >= 4 is 17.3 Å². The Hall–Kier alpha value is -0.800. The molecule has 0 aliphatic carbocycles. The first-order valence-corrected chi connectivity index (χ1v) is 5.92. The Morgan fingerprint density at radius 1 is 1.19 bits per heavy atom. The highest BCUT2D eigenvalue weighted by Gasteiger charge is 2.04. The molecule has 0 saturated heterocycles. The van der Waals surface area contributed by atoms with Gasteiger partial charge < -0.3 is 10.4 Å². The van der Waals surface area contributed by atoms with Gasteiger partial charge in [0.1, 0.15) is 5.82 Å². The van der Waals surface area contributed by atoms with Gasteiger partial charge in [-0.25, -0.2) is 4.39 Å². The Morgan fingerprint density at radius 2 is 1.94 bits per heavy atom. The summed E-state index contributed by atoms with van der Waals surface area (Å²) in [7, 11) is 0. The minimum absolute atomic E-state index is 0.243. The van der Waals surface area contributed by atoms with E-state index in [4.69, 9.17) is 16.7 Å². The van der Waals surface area contributed by atoms with Crippen LogP contribution in [0.1, 0.15) is 25.7 Å². The number of aliphatic hydroxyl groups excluding tert-OH is 1. The van der Waals surface area contributed by atoms with Crippen LogP contribution in [0.3, 0.4) is 0 Å². The van der Waals surface area contributed by atoms with Gasteiger partial charge in [0, 0.05) is 13.2 Å². The van der Waals surface area contributed by atoms with E-state index in [-0.39, 0.29) is 12.4 Å². The number of unbranched alkanes of at least 4 members (excludes halogenated alkanes) is 3. The van der Waals surface area contributed by atoms with Crippen molar-refractivity contribution in [3.8, 4) is 0 Å². The molecule has 90 valence electrons. The van der Waals surface area contributed by atoms with Gasteiger partial charge >= 0.3 is 0 Å². The van der Waals surface area contributed by atoms with Crippen LogP contribution in [0.4, 0.5) is 10.1 Å². The van der Waals surface area contributed by atoms with E-state index in [1.54, 1.807) is 12.1 Å². The lowest BCUT2D eigenvalue weighted by Gasteiger charge is -2.08. The predicted molar refractivity (Wildman–Crippen MR) is 65.5 cm³/mol. The zero-order valence-electron chi connectivity index (χ0n) is 9.18. The van der Waals surface area contributed by atoms with Gasteiger partial charge in [-0.1, -0.05) is 30.5 Å². The molecule has 0 unspecified atom stereocenters. The predicted octanol–water partition coefficient (Wildman–Crippen LogP) is 3.44. The van der Waals surface area contributed by atoms with Crippen LogP contribution in [0.15, 0.2) is 18.2 Å². The van der Waals surface area contributed by atoms with Gasteiger partial charge in [0.2, 0.25) is 0 Å². The Balaban J connectivity index is 2.26. The monoisotopic (exact) mass is 245 g/mol. The molecule has 0 heterocycles. The molecule has 0 spiro atoms. The first-order valence-electron chi connectivity index (χ1n) is 5.54. The van der Waals surface area contributed by atoms with E-state index in [9.17, 15) is 4.39 Å². The molecule has 0 aliphatic rings. The fraction of sp³-hybridized carbons (Fsp3) is 0.500. The topological polar surface area (TPSA) is 32.3 Å². The molecule has 2 nitrogen and oxygen atoms in total. The summed E-state index contributed by atoms with van der Waals surface area (Å²) >= 11 is 5.86. The maximum absolute atomic E-state index is 13.3. The van der Waals surface area contributed by atoms with E-state index < -0.39 is 0 Å². The average molecular weight is 246 g/mol. The first-order chi connectivity index (χ1) is 7.75. The molecule has 1 aromatic carbocycles. The number of nitrogens with one attached hydrogen (secondary N) is 1. The van der Waals surface area contributed by atoms with E-state index in [2.05, 4.69) is 5.32 Å². The van der Waals surface area contributed by atoms with Crippen LogP contribution >= 0.6 is 11.6 Å². The maximum Gasteiger partial charge on any atom is 0.147 e. The van der Waals surface area contributed by atoms with Crippen molar-refractivity contribution in [3.63, 3.8) is 0 Å². The molecule has 0 aliphatic heterocycles. The van der Waals surface area contributed by atoms with E-state index in [0.29, 0.717) is 17.3 Å². The average Bonchev–Trinajstić information content (AvgIpc) is 2.26. The number of hydrogen-bond donors (Lipinski definition) is 2. The molecule has 0 bridgehead atoms. The summed E-state index contributed by atoms with van der Waals surface area (Å²) in [5.74, 6) is -0.317. The smallest absolute Gasteiger partial charge is 0.147 e. The minimum atomic E-state index is -0.317. The summed E-state index contributed by atoms with van der Waals surface area (Å²) in [6, 6.07) is 4.64. The van der Waals surface area contributed by atoms with Crippen LogP contribution in [0.25, 0.3) is 0 Å². The van der Waals surface area contributed by atoms with Crippen molar-refractivity contribution in [1.82, 2.24) is 0 Å². The van der Waals surface area contributed by atoms with E-state index >= 15 is 0 Å². The number of anilines is 1. The highest BCUT2D eigenvalue weighted by atomic mass is 35.5. The van der Waals surface area contributed by atoms with Gasteiger partial charge in [0.05, 0.1) is 10.7 Å². The second-order valence-corrected chi connectivity index (χ2v) is 4.07. The molecule has 0 atom stereocenters. The van der Waals surface area contributed by atoms with E-state index in [0.717, 1.165) is 25.7 Å². The second-order valence-electron chi connectivity index (χ2n) is 3.66. The largest absolute Gasteiger partial charge is 0.396 e. The second kappa shape index (κ2) is 7.47. The summed E-state index contributed by atoms with van der Waals surface area (Å²) in [4.78, 5) is 0. The van der Waals surface area contributed by atoms with Crippen molar-refractivity contribution in [2.24, 2.45) is 0 Å². The summed E-state index contributed by atoms with van der Waals surface area (Å²) in [5, 5.41) is 12.0. The van der Waals surface area contributed by atoms with Crippen molar-refractivity contribution in [1.29, 1.82) is 0 Å². The Kier molecular flexibility index (Phi) is 6.19. The fourth-order valence-electron chi connectivity index (χ4n) is 1.47. The van der Waals surface area contributed by atoms with Gasteiger partial charge in [-0.3, -0.25) is 0 Å². The van der Waals surface area contributed by atoms with Crippen molar-refractivity contribution in [3.05, 3.63) is 29.0 Å². The standard InChI is InChI=1S/C12H17ClFNO/c13-10-6-5-7-11(14)12(10)15-8-3-1-2-4-9-16/h5-7,15-16H,1-4,8-9H2. The molecule has 0 fully saturated rings. The third-order valence-corrected chi connectivity index (χ3v) is 2.66. The molecule has 0 saturated carbocycles. The lowest BCUT2D eigenvalue weighted by atomic mass is 10.2. The first kappa shape index (κ1) is 13.3. The lowest BCUT2D eigenvalue weighted by molar-refractivity contribution is 0.283. The zero-order chi connectivity index (χ0) is 11.8. The number of halogens is 2. The molecule has 4 heteroatoms. The molecular formula is C12H17ClFNO. The third kappa shape index (κ3) is 4.37. The molecular weight excluding hydrogens is 229 g/mol. The summed E-state index contributed by atoms with van der Waals surface area (Å²) < 4.78 is 13.3. The van der Waals surface area contributed by atoms with Crippen LogP contribution < -0.4 is 5.32 Å². The van der Waals surface area contributed by atoms with Crippen molar-refractivity contribution in [2.45, 2.75) is 25.7 Å². The van der Waals surface area contributed by atoms with E-state index in [1.807, 2.05) is 0 Å². The fourth-order valence-corrected chi connectivity index (χ4v) is 1.70. The number of aliphatic hydroxyl groups is 1. The molecule has 2 N–H and O–H groups in total. The maximum atomic E-state index is 13.3. The normalized spacial score (nSPS) is 10.4. The molecule has 1 rings (SSSR count). The quantitative estimate of drug-likeness (QED) is 0.722. The van der Waals surface area contributed by atoms with Crippen molar-refractivity contribution in [2.75, 3.05) is 18.5 Å². The number of benzene rings is 1. The SMILES string of the molecule is OCCCCCCNc1c(F)cccc1Cl. The highest BCUT2D eigenvalue weighted by Crippen LogP contribution is 2.24. The third-order valence-electron chi connectivity index (χ3n) is 2.35. The van der Waals surface area contributed by atoms with Crippen molar-refractivity contribution < 1.29 is 9.50 Å². The van der Waals surface area contributed by atoms with Gasteiger partial charge in [0.15, 0.2) is 0 Å². The van der Waals surface area contributed by atoms with Gasteiger partial charge in [-0.15, -0.1) is 0 Å². The summed E-state index contributed by atoms with van der Waals surface area (Å²) in [6.45, 7) is 0.943. The molecule has 0 radical (unpaired) electrons. The highest BCUT2D eigenvalue weighted by molar-refractivity contribution is 6.33. The van der Waals surface area contributed by atoms with Gasteiger partial charge in [-0.05, 0) is 25.0 Å². The van der Waals surface area contributed by atoms with E-state index in [1.165, 1.54) is 6.07 Å². The molecule has 1 aromatic rings. The Morgan fingerprint density at radius 3 is 2.62 bits per heavy atom. The lowest BCUT2D eigenvalue weighted by Crippen LogP contribution is -2.04. The molecule has 0 aromatic heterocycles. The Bertz CT molecular complexity index is 300. The van der Waals surface area contributed by atoms with Crippen LogP contribution in [0.5, 0.6) is 0 Å². The molecule has 0 amide bonds. The summed E-state index contributed by atoms with van der Waals surface area (Å²) in [6.07, 6.45) is 3.81. The number of hydrogen-bond acceptors (Lipinski definition) is 2. The van der Waals surface area contributed by atoms with Gasteiger partial charge in [-0.2, -0.15) is 0 Å². The zero-order valence-corrected chi connectivity index (χ0v) is 9.93. The number of rotatable bonds is 7. The van der Waals surface area contributed by atoms with Crippen LogP contribution in [0, 0.1) is 5.82 Å². The summed E-state index contributed by atoms with van der Waals surface area (Å²) in [5.41, 5.74) is 0.381. The van der Waals surface area contributed by atoms with Crippen LogP contribution in [0.2, 0.25) is 5.02 Å². The molecule has 16 heavy (non-hydrogen) atoms. The van der Waals surface area contributed by atoms with Crippen LogP contribution in [-0.4, -0.2) is 18.3 Å². The number of para-hydroxylation sites is 1.